The Kier molecular flexibility index (Phi) is 20.1. The first-order chi connectivity index (χ1) is 28.5. The fourth-order valence-electron chi connectivity index (χ4n) is 13.4. The van der Waals surface area contributed by atoms with E-state index in [1.807, 2.05) is 0 Å². The van der Waals surface area contributed by atoms with Gasteiger partial charge in [0.1, 0.15) is 31.0 Å². The van der Waals surface area contributed by atoms with Gasteiger partial charge in [0.15, 0.2) is 6.29 Å². The normalized spacial score (nSPS) is 36.1. The van der Waals surface area contributed by atoms with Gasteiger partial charge in [-0.3, -0.25) is 4.79 Å². The quantitative estimate of drug-likeness (QED) is 0.0453. The van der Waals surface area contributed by atoms with E-state index < -0.39 is 30.7 Å². The van der Waals surface area contributed by atoms with Crippen LogP contribution >= 0.6 is 0 Å². The van der Waals surface area contributed by atoms with Crippen molar-refractivity contribution in [1.29, 1.82) is 0 Å². The van der Waals surface area contributed by atoms with Crippen LogP contribution < -0.4 is 0 Å². The average Bonchev–Trinajstić information content (AvgIpc) is 3.59. The van der Waals surface area contributed by atoms with Crippen molar-refractivity contribution in [3.63, 3.8) is 0 Å². The molecule has 3 N–H and O–H groups in total. The third-order valence-corrected chi connectivity index (χ3v) is 17.4. The molecule has 7 heteroatoms. The van der Waals surface area contributed by atoms with Crippen molar-refractivity contribution in [2.45, 2.75) is 258 Å². The highest BCUT2D eigenvalue weighted by Gasteiger charge is 2.59. The van der Waals surface area contributed by atoms with Crippen LogP contribution in [-0.4, -0.2) is 64.7 Å². The van der Waals surface area contributed by atoms with Gasteiger partial charge in [-0.1, -0.05) is 169 Å². The number of ether oxygens (including phenoxy) is 3. The Morgan fingerprint density at radius 2 is 1.39 bits per heavy atom. The predicted molar refractivity (Wildman–Crippen MR) is 240 cm³/mol. The SMILES string of the molecule is CCCCCCCCCCCCCCCCCC(=O)OC[C@H]1O[C@@H](O[C@H]2CC[C@@]3(C)C(=CCC4C3CC[C@@]3(C)C4CC[C@@H]3C(C)CCC(CC)CC)C2)[C@H](O)[C@@H](O)[C@@H]1O. The molecule has 4 fully saturated rings. The average molecular weight is 829 g/mol. The molecule has 3 saturated carbocycles. The summed E-state index contributed by atoms with van der Waals surface area (Å²) >= 11 is 0. The zero-order valence-corrected chi connectivity index (χ0v) is 39.0. The Hall–Kier alpha value is -0.990. The van der Waals surface area contributed by atoms with E-state index in [0.29, 0.717) is 17.8 Å². The van der Waals surface area contributed by atoms with Crippen LogP contribution in [0.5, 0.6) is 0 Å². The number of unbranched alkanes of at least 4 members (excludes halogenated alkanes) is 14. The van der Waals surface area contributed by atoms with Gasteiger partial charge in [-0.15, -0.1) is 0 Å². The monoisotopic (exact) mass is 829 g/mol. The topological polar surface area (TPSA) is 105 Å². The predicted octanol–water partition coefficient (Wildman–Crippen LogP) is 12.4. The molecule has 0 spiro atoms. The second-order valence-electron chi connectivity index (χ2n) is 21.1. The van der Waals surface area contributed by atoms with Gasteiger partial charge in [-0.25, -0.2) is 0 Å². The summed E-state index contributed by atoms with van der Waals surface area (Å²) in [4.78, 5) is 12.6. The van der Waals surface area contributed by atoms with Gasteiger partial charge in [0, 0.05) is 6.42 Å². The molecule has 0 bridgehead atoms. The highest BCUT2D eigenvalue weighted by molar-refractivity contribution is 5.69. The van der Waals surface area contributed by atoms with E-state index in [1.54, 1.807) is 0 Å². The molecule has 0 radical (unpaired) electrons. The molecule has 1 saturated heterocycles. The maximum atomic E-state index is 12.6. The molecular weight excluding hydrogens is 737 g/mol. The summed E-state index contributed by atoms with van der Waals surface area (Å²) in [5.74, 6) is 4.53. The van der Waals surface area contributed by atoms with Gasteiger partial charge in [0.2, 0.25) is 0 Å². The van der Waals surface area contributed by atoms with E-state index in [0.717, 1.165) is 74.5 Å². The van der Waals surface area contributed by atoms with Gasteiger partial charge in [-0.2, -0.15) is 0 Å². The first-order valence-corrected chi connectivity index (χ1v) is 25.7. The van der Waals surface area contributed by atoms with Crippen LogP contribution in [0.1, 0.15) is 221 Å². The van der Waals surface area contributed by atoms with Crippen LogP contribution in [-0.2, 0) is 19.0 Å². The molecule has 4 aliphatic carbocycles. The molecule has 5 aliphatic rings. The fraction of sp³-hybridized carbons (Fsp3) is 0.942. The maximum Gasteiger partial charge on any atom is 0.305 e. The Bertz CT molecular complexity index is 1250. The molecule has 7 nitrogen and oxygen atoms in total. The standard InChI is InChI=1S/C52H92O7/c1-7-10-11-12-13-14-15-16-17-18-19-20-21-22-23-24-46(53)57-36-45-47(54)48(55)49(56)50(59-45)58-40-31-33-51(5)39(35-40)27-28-41-43-30-29-42(52(43,6)34-32-44(41)51)37(4)25-26-38(8-2)9-3/h27,37-38,40-45,47-50,54-56H,7-26,28-36H2,1-6H3/t37?,40-,41?,42+,43?,44?,45+,47+,48-,49+,50+,51-,52+/m0/s1. The van der Waals surface area contributed by atoms with Gasteiger partial charge in [-0.05, 0) is 104 Å². The summed E-state index contributed by atoms with van der Waals surface area (Å²) in [6, 6.07) is 0. The van der Waals surface area contributed by atoms with Crippen molar-refractivity contribution in [2.24, 2.45) is 46.3 Å². The molecule has 0 aromatic heterocycles. The Morgan fingerprint density at radius 1 is 0.763 bits per heavy atom. The van der Waals surface area contributed by atoms with E-state index in [9.17, 15) is 20.1 Å². The summed E-state index contributed by atoms with van der Waals surface area (Å²) in [6.07, 6.45) is 30.4. The van der Waals surface area contributed by atoms with Crippen molar-refractivity contribution in [1.82, 2.24) is 0 Å². The molecule has 5 rings (SSSR count). The lowest BCUT2D eigenvalue weighted by atomic mass is 9.47. The van der Waals surface area contributed by atoms with Crippen LogP contribution in [0.25, 0.3) is 0 Å². The third-order valence-electron chi connectivity index (χ3n) is 17.4. The minimum atomic E-state index is -1.44. The zero-order chi connectivity index (χ0) is 42.4. The van der Waals surface area contributed by atoms with E-state index in [2.05, 4.69) is 47.6 Å². The largest absolute Gasteiger partial charge is 0.463 e. The lowest BCUT2D eigenvalue weighted by Gasteiger charge is -2.58. The molecule has 1 heterocycles. The summed E-state index contributed by atoms with van der Waals surface area (Å²) in [6.45, 7) is 14.6. The highest BCUT2D eigenvalue weighted by Crippen LogP contribution is 2.67. The molecule has 342 valence electrons. The number of rotatable bonds is 26. The summed E-state index contributed by atoms with van der Waals surface area (Å²) in [5.41, 5.74) is 2.14. The lowest BCUT2D eigenvalue weighted by Crippen LogP contribution is -2.60. The minimum Gasteiger partial charge on any atom is -0.463 e. The number of hydrogen-bond acceptors (Lipinski definition) is 7. The molecule has 59 heavy (non-hydrogen) atoms. The van der Waals surface area contributed by atoms with Crippen molar-refractivity contribution in [2.75, 3.05) is 6.61 Å². The smallest absolute Gasteiger partial charge is 0.305 e. The highest BCUT2D eigenvalue weighted by atomic mass is 16.7. The van der Waals surface area contributed by atoms with Crippen molar-refractivity contribution >= 4 is 5.97 Å². The van der Waals surface area contributed by atoms with E-state index in [1.165, 1.54) is 134 Å². The minimum absolute atomic E-state index is 0.137. The number of allylic oxidation sites excluding steroid dienone is 1. The number of carbonyl (C=O) groups is 1. The summed E-state index contributed by atoms with van der Waals surface area (Å²) in [7, 11) is 0. The van der Waals surface area contributed by atoms with Crippen LogP contribution in [0.3, 0.4) is 0 Å². The molecule has 0 aromatic carbocycles. The van der Waals surface area contributed by atoms with E-state index in [-0.39, 0.29) is 24.1 Å². The van der Waals surface area contributed by atoms with Gasteiger partial charge in [0.25, 0.3) is 0 Å². The molecule has 1 aliphatic heterocycles. The summed E-state index contributed by atoms with van der Waals surface area (Å²) < 4.78 is 18.0. The van der Waals surface area contributed by atoms with Crippen LogP contribution in [0, 0.1) is 46.3 Å². The summed E-state index contributed by atoms with van der Waals surface area (Å²) in [5, 5.41) is 32.5. The van der Waals surface area contributed by atoms with E-state index >= 15 is 0 Å². The second kappa shape index (κ2) is 24.2. The van der Waals surface area contributed by atoms with Gasteiger partial charge >= 0.3 is 5.97 Å². The Morgan fingerprint density at radius 3 is 2.02 bits per heavy atom. The molecular formula is C52H92O7. The van der Waals surface area contributed by atoms with Crippen molar-refractivity contribution in [3.05, 3.63) is 11.6 Å². The number of hydrogen-bond donors (Lipinski definition) is 3. The van der Waals surface area contributed by atoms with Crippen LogP contribution in [0.4, 0.5) is 0 Å². The van der Waals surface area contributed by atoms with Crippen molar-refractivity contribution < 1.29 is 34.3 Å². The number of carbonyl (C=O) groups excluding carboxylic acids is 1. The van der Waals surface area contributed by atoms with E-state index in [4.69, 9.17) is 14.2 Å². The maximum absolute atomic E-state index is 12.6. The van der Waals surface area contributed by atoms with Crippen molar-refractivity contribution in [3.8, 4) is 0 Å². The number of aliphatic hydroxyl groups excluding tert-OH is 3. The fourth-order valence-corrected chi connectivity index (χ4v) is 13.4. The molecule has 4 unspecified atom stereocenters. The molecule has 13 atom stereocenters. The Labute approximate surface area is 362 Å². The first-order valence-electron chi connectivity index (χ1n) is 25.7. The number of aliphatic hydroxyl groups is 3. The van der Waals surface area contributed by atoms with Gasteiger partial charge in [0.05, 0.1) is 6.10 Å². The molecule has 0 aromatic rings. The zero-order valence-electron chi connectivity index (χ0n) is 39.0. The van der Waals surface area contributed by atoms with Gasteiger partial charge < -0.3 is 29.5 Å². The first kappa shape index (κ1) is 49.0. The number of esters is 1. The number of fused-ring (bicyclic) bond motifs is 5. The molecule has 0 amide bonds. The lowest BCUT2D eigenvalue weighted by molar-refractivity contribution is -0.313. The second-order valence-corrected chi connectivity index (χ2v) is 21.1. The van der Waals surface area contributed by atoms with Crippen LogP contribution in [0.2, 0.25) is 0 Å². The van der Waals surface area contributed by atoms with Crippen LogP contribution in [0.15, 0.2) is 11.6 Å². The third kappa shape index (κ3) is 12.8. The Balaban J connectivity index is 1.01.